The molecule has 7 nitrogen and oxygen atoms in total. The molecule has 5 rings (SSSR count). The highest BCUT2D eigenvalue weighted by molar-refractivity contribution is 8.00. The topological polar surface area (TPSA) is 70.5 Å². The minimum absolute atomic E-state index is 0.0187. The van der Waals surface area contributed by atoms with Crippen LogP contribution in [0, 0.1) is 6.92 Å². The van der Waals surface area contributed by atoms with Crippen molar-refractivity contribution in [3.63, 3.8) is 0 Å². The smallest absolute Gasteiger partial charge is 0.240 e. The van der Waals surface area contributed by atoms with Crippen molar-refractivity contribution in [2.24, 2.45) is 0 Å². The third-order valence-corrected chi connectivity index (χ3v) is 7.41. The van der Waals surface area contributed by atoms with Crippen LogP contribution in [0.5, 0.6) is 0 Å². The van der Waals surface area contributed by atoms with Crippen molar-refractivity contribution in [1.82, 2.24) is 20.0 Å². The lowest BCUT2D eigenvalue weighted by atomic mass is 10.00. The van der Waals surface area contributed by atoms with E-state index in [1.54, 1.807) is 4.90 Å². The van der Waals surface area contributed by atoms with Crippen LogP contribution < -0.4 is 10.2 Å². The van der Waals surface area contributed by atoms with Gasteiger partial charge < -0.3 is 5.32 Å². The molecule has 0 spiro atoms. The van der Waals surface area contributed by atoms with Crippen molar-refractivity contribution < 1.29 is 9.59 Å². The first-order valence-electron chi connectivity index (χ1n) is 11.7. The predicted molar refractivity (Wildman–Crippen MR) is 134 cm³/mol. The molecule has 0 saturated heterocycles. The molecule has 8 heteroatoms. The van der Waals surface area contributed by atoms with E-state index in [1.807, 2.05) is 41.9 Å². The maximum atomic E-state index is 12.7. The van der Waals surface area contributed by atoms with Gasteiger partial charge in [0, 0.05) is 26.2 Å². The van der Waals surface area contributed by atoms with Crippen LogP contribution in [-0.4, -0.2) is 58.4 Å². The number of fused-ring (bicyclic) bond motifs is 2. The first-order chi connectivity index (χ1) is 16.6. The molecule has 0 atom stereocenters. The van der Waals surface area contributed by atoms with E-state index in [0.29, 0.717) is 12.3 Å². The molecular formula is C26H29N5O2S. The number of aromatic nitrogens is 2. The van der Waals surface area contributed by atoms with E-state index in [2.05, 4.69) is 39.6 Å². The van der Waals surface area contributed by atoms with Gasteiger partial charge in [-0.25, -0.2) is 4.68 Å². The van der Waals surface area contributed by atoms with Crippen molar-refractivity contribution in [3.05, 3.63) is 71.4 Å². The molecule has 0 unspecified atom stereocenters. The number of para-hydroxylation sites is 1. The molecule has 1 N–H and O–H groups in total. The zero-order valence-electron chi connectivity index (χ0n) is 19.4. The summed E-state index contributed by atoms with van der Waals surface area (Å²) in [6.07, 6.45) is 1.96. The van der Waals surface area contributed by atoms with E-state index in [9.17, 15) is 9.59 Å². The average molecular weight is 476 g/mol. The molecule has 0 fully saturated rings. The fourth-order valence-corrected chi connectivity index (χ4v) is 5.74. The Hall–Kier alpha value is -3.10. The van der Waals surface area contributed by atoms with Gasteiger partial charge in [-0.2, -0.15) is 5.10 Å². The summed E-state index contributed by atoms with van der Waals surface area (Å²) < 4.78 is 1.86. The lowest BCUT2D eigenvalue weighted by Crippen LogP contribution is -2.44. The summed E-state index contributed by atoms with van der Waals surface area (Å²) in [5, 5.41) is 8.57. The fraction of sp³-hybridized carbons (Fsp3) is 0.346. The van der Waals surface area contributed by atoms with Crippen molar-refractivity contribution >= 4 is 29.3 Å². The number of hydrogen-bond acceptors (Lipinski definition) is 5. The minimum Gasteiger partial charge on any atom is -0.355 e. The second-order valence-corrected chi connectivity index (χ2v) is 9.72. The number of rotatable bonds is 7. The molecule has 34 heavy (non-hydrogen) atoms. The molecule has 0 radical (unpaired) electrons. The molecule has 3 heterocycles. The Labute approximate surface area is 204 Å². The van der Waals surface area contributed by atoms with Crippen LogP contribution in [0.1, 0.15) is 23.2 Å². The van der Waals surface area contributed by atoms with E-state index < -0.39 is 0 Å². The van der Waals surface area contributed by atoms with Gasteiger partial charge in [-0.1, -0.05) is 54.2 Å². The third kappa shape index (κ3) is 4.74. The average Bonchev–Trinajstić information content (AvgIpc) is 3.20. The normalized spacial score (nSPS) is 15.7. The second kappa shape index (κ2) is 10.0. The predicted octanol–water partition coefficient (Wildman–Crippen LogP) is 3.18. The van der Waals surface area contributed by atoms with Crippen LogP contribution in [0.4, 0.5) is 5.69 Å². The molecule has 0 aliphatic carbocycles. The summed E-state index contributed by atoms with van der Waals surface area (Å²) in [7, 11) is 0. The number of nitrogens with zero attached hydrogens (tertiary/aromatic N) is 4. The highest BCUT2D eigenvalue weighted by atomic mass is 32.2. The quantitative estimate of drug-likeness (QED) is 0.532. The Morgan fingerprint density at radius 3 is 2.68 bits per heavy atom. The van der Waals surface area contributed by atoms with E-state index in [1.165, 1.54) is 22.9 Å². The summed E-state index contributed by atoms with van der Waals surface area (Å²) in [6, 6.07) is 18.5. The molecular weight excluding hydrogens is 446 g/mol. The summed E-state index contributed by atoms with van der Waals surface area (Å²) in [4.78, 5) is 29.5. The summed E-state index contributed by atoms with van der Waals surface area (Å²) in [5.41, 5.74) is 5.28. The number of carbonyl (C=O) groups excluding carboxylic acids is 2. The highest BCUT2D eigenvalue weighted by Crippen LogP contribution is 2.39. The Morgan fingerprint density at radius 2 is 1.85 bits per heavy atom. The Morgan fingerprint density at radius 1 is 1.09 bits per heavy atom. The van der Waals surface area contributed by atoms with Crippen molar-refractivity contribution in [3.8, 4) is 5.69 Å². The van der Waals surface area contributed by atoms with Gasteiger partial charge in [0.25, 0.3) is 0 Å². The van der Waals surface area contributed by atoms with Gasteiger partial charge in [0.05, 0.1) is 22.8 Å². The number of thioether (sulfide) groups is 1. The minimum atomic E-state index is -0.137. The third-order valence-electron chi connectivity index (χ3n) is 6.38. The van der Waals surface area contributed by atoms with Crippen LogP contribution in [0.15, 0.2) is 59.6 Å². The number of hydrogen-bond donors (Lipinski definition) is 1. The molecule has 1 aromatic heterocycles. The van der Waals surface area contributed by atoms with Crippen LogP contribution in [0.2, 0.25) is 0 Å². The lowest BCUT2D eigenvalue weighted by Gasteiger charge is -2.29. The Kier molecular flexibility index (Phi) is 6.69. The first kappa shape index (κ1) is 22.7. The number of carbonyl (C=O) groups is 2. The second-order valence-electron chi connectivity index (χ2n) is 8.75. The maximum Gasteiger partial charge on any atom is 0.240 e. The van der Waals surface area contributed by atoms with E-state index in [4.69, 9.17) is 0 Å². The summed E-state index contributed by atoms with van der Waals surface area (Å²) in [5.74, 6) is 0.103. The SMILES string of the molecule is Cc1nn(-c2ccccc2)c2c1N(CC(=O)NCCCN1CCc3ccccc3C1)C(=O)CS2. The molecule has 2 aliphatic heterocycles. The molecule has 2 aromatic carbocycles. The highest BCUT2D eigenvalue weighted by Gasteiger charge is 2.32. The van der Waals surface area contributed by atoms with Gasteiger partial charge in [-0.05, 0) is 43.0 Å². The standard InChI is InChI=1S/C26H29N5O2S/c1-19-25-26(31(28-19)22-10-3-2-4-11-22)34-18-24(33)30(25)17-23(32)27-13-7-14-29-15-12-20-8-5-6-9-21(20)16-29/h2-6,8-11H,7,12-18H2,1H3,(H,27,32). The number of nitrogens with one attached hydrogen (secondary N) is 1. The van der Waals surface area contributed by atoms with Crippen LogP contribution in [0.25, 0.3) is 5.69 Å². The number of benzene rings is 2. The fourth-order valence-electron chi connectivity index (χ4n) is 4.66. The van der Waals surface area contributed by atoms with Gasteiger partial charge in [0.15, 0.2) is 0 Å². The number of aryl methyl sites for hydroxylation is 1. The lowest BCUT2D eigenvalue weighted by molar-refractivity contribution is -0.123. The largest absolute Gasteiger partial charge is 0.355 e. The zero-order chi connectivity index (χ0) is 23.5. The molecule has 2 aliphatic rings. The molecule has 3 aromatic rings. The maximum absolute atomic E-state index is 12.7. The first-order valence-corrected chi connectivity index (χ1v) is 12.7. The molecule has 176 valence electrons. The van der Waals surface area contributed by atoms with Crippen LogP contribution in [0.3, 0.4) is 0 Å². The Bertz CT molecular complexity index is 1190. The van der Waals surface area contributed by atoms with Gasteiger partial charge in [0.1, 0.15) is 11.6 Å². The molecule has 2 amide bonds. The number of anilines is 1. The van der Waals surface area contributed by atoms with E-state index in [-0.39, 0.29) is 18.4 Å². The van der Waals surface area contributed by atoms with Gasteiger partial charge >= 0.3 is 0 Å². The Balaban J connectivity index is 1.16. The summed E-state index contributed by atoms with van der Waals surface area (Å²) in [6.45, 7) is 5.48. The van der Waals surface area contributed by atoms with Gasteiger partial charge in [-0.15, -0.1) is 0 Å². The van der Waals surface area contributed by atoms with Crippen LogP contribution in [-0.2, 0) is 22.6 Å². The van der Waals surface area contributed by atoms with Crippen molar-refractivity contribution in [2.45, 2.75) is 31.3 Å². The van der Waals surface area contributed by atoms with Crippen molar-refractivity contribution in [2.75, 3.05) is 36.8 Å². The van der Waals surface area contributed by atoms with E-state index in [0.717, 1.165) is 54.6 Å². The number of amides is 2. The van der Waals surface area contributed by atoms with E-state index >= 15 is 0 Å². The molecule has 0 bridgehead atoms. The van der Waals surface area contributed by atoms with Crippen LogP contribution >= 0.6 is 11.8 Å². The molecule has 0 saturated carbocycles. The van der Waals surface area contributed by atoms with Crippen molar-refractivity contribution in [1.29, 1.82) is 0 Å². The van der Waals surface area contributed by atoms with Gasteiger partial charge in [0.2, 0.25) is 11.8 Å². The zero-order valence-corrected chi connectivity index (χ0v) is 20.2. The summed E-state index contributed by atoms with van der Waals surface area (Å²) >= 11 is 1.47. The van der Waals surface area contributed by atoms with Gasteiger partial charge in [-0.3, -0.25) is 19.4 Å². The monoisotopic (exact) mass is 475 g/mol.